The molecule has 0 spiro atoms. The minimum absolute atomic E-state index is 0.0119. The molecule has 1 aliphatic heterocycles. The molecule has 22 heavy (non-hydrogen) atoms. The molecule has 2 unspecified atom stereocenters. The van der Waals surface area contributed by atoms with Crippen LogP contribution in [0.1, 0.15) is 31.2 Å². The Hall–Kier alpha value is -2.28. The van der Waals surface area contributed by atoms with Crippen LogP contribution in [0.3, 0.4) is 0 Å². The van der Waals surface area contributed by atoms with E-state index in [9.17, 15) is 9.18 Å². The van der Waals surface area contributed by atoms with Crippen LogP contribution in [0, 0.1) is 11.7 Å². The lowest BCUT2D eigenvalue weighted by molar-refractivity contribution is -0.115. The SMILES string of the molecule is CC1CCOC1c1nc(CC(=O)Nc2ccc(F)cc2)no1. The molecule has 2 aromatic rings. The van der Waals surface area contributed by atoms with Crippen molar-refractivity contribution in [3.8, 4) is 0 Å². The second-order valence-corrected chi connectivity index (χ2v) is 5.34. The first-order valence-electron chi connectivity index (χ1n) is 7.11. The van der Waals surface area contributed by atoms with Gasteiger partial charge < -0.3 is 14.6 Å². The molecule has 2 heterocycles. The smallest absolute Gasteiger partial charge is 0.256 e. The van der Waals surface area contributed by atoms with Gasteiger partial charge in [-0.3, -0.25) is 4.79 Å². The Balaban J connectivity index is 1.60. The monoisotopic (exact) mass is 305 g/mol. The topological polar surface area (TPSA) is 77.2 Å². The molecule has 6 nitrogen and oxygen atoms in total. The molecule has 1 aromatic heterocycles. The van der Waals surface area contributed by atoms with E-state index in [0.29, 0.717) is 29.9 Å². The quantitative estimate of drug-likeness (QED) is 0.939. The number of ether oxygens (including phenoxy) is 1. The minimum Gasteiger partial charge on any atom is -0.368 e. The number of carbonyl (C=O) groups excluding carboxylic acids is 1. The molecule has 1 aliphatic rings. The van der Waals surface area contributed by atoms with Gasteiger partial charge in [0.25, 0.3) is 5.89 Å². The number of halogens is 1. The van der Waals surface area contributed by atoms with Crippen LogP contribution in [0.15, 0.2) is 28.8 Å². The molecule has 1 fully saturated rings. The molecule has 1 N–H and O–H groups in total. The largest absolute Gasteiger partial charge is 0.368 e. The third kappa shape index (κ3) is 3.30. The van der Waals surface area contributed by atoms with Gasteiger partial charge in [-0.15, -0.1) is 0 Å². The summed E-state index contributed by atoms with van der Waals surface area (Å²) in [5, 5.41) is 6.45. The number of benzene rings is 1. The molecule has 3 rings (SSSR count). The van der Waals surface area contributed by atoms with Gasteiger partial charge in [0, 0.05) is 12.3 Å². The molecule has 0 bridgehead atoms. The number of nitrogens with zero attached hydrogens (tertiary/aromatic N) is 2. The first kappa shape index (κ1) is 14.6. The van der Waals surface area contributed by atoms with Crippen molar-refractivity contribution >= 4 is 11.6 Å². The van der Waals surface area contributed by atoms with Crippen LogP contribution in [-0.4, -0.2) is 22.7 Å². The maximum absolute atomic E-state index is 12.8. The van der Waals surface area contributed by atoms with Gasteiger partial charge in [-0.05, 0) is 36.6 Å². The molecule has 0 saturated carbocycles. The average Bonchev–Trinajstić information content (AvgIpc) is 3.10. The summed E-state index contributed by atoms with van der Waals surface area (Å²) in [6.07, 6.45) is 0.747. The van der Waals surface area contributed by atoms with Gasteiger partial charge in [0.15, 0.2) is 5.82 Å². The summed E-state index contributed by atoms with van der Waals surface area (Å²) in [4.78, 5) is 16.1. The van der Waals surface area contributed by atoms with Gasteiger partial charge in [0.05, 0.1) is 6.42 Å². The molecule has 1 aromatic carbocycles. The standard InChI is InChI=1S/C15H16FN3O3/c1-9-6-7-21-14(9)15-18-12(19-22-15)8-13(20)17-11-4-2-10(16)3-5-11/h2-5,9,14H,6-8H2,1H3,(H,17,20). The van der Waals surface area contributed by atoms with E-state index < -0.39 is 0 Å². The van der Waals surface area contributed by atoms with E-state index in [1.54, 1.807) is 0 Å². The van der Waals surface area contributed by atoms with E-state index in [0.717, 1.165) is 6.42 Å². The maximum atomic E-state index is 12.8. The van der Waals surface area contributed by atoms with Crippen molar-refractivity contribution in [1.29, 1.82) is 0 Å². The molecule has 2 atom stereocenters. The van der Waals surface area contributed by atoms with E-state index in [4.69, 9.17) is 9.26 Å². The molecule has 1 saturated heterocycles. The lowest BCUT2D eigenvalue weighted by atomic mass is 10.0. The summed E-state index contributed by atoms with van der Waals surface area (Å²) in [7, 11) is 0. The van der Waals surface area contributed by atoms with Gasteiger partial charge in [-0.2, -0.15) is 4.98 Å². The summed E-state index contributed by atoms with van der Waals surface area (Å²) >= 11 is 0. The Kier molecular flexibility index (Phi) is 4.15. The first-order valence-corrected chi connectivity index (χ1v) is 7.11. The van der Waals surface area contributed by atoms with Gasteiger partial charge in [-0.1, -0.05) is 12.1 Å². The lowest BCUT2D eigenvalue weighted by Crippen LogP contribution is -2.15. The van der Waals surface area contributed by atoms with Crippen LogP contribution in [0.25, 0.3) is 0 Å². The predicted octanol–water partition coefficient (Wildman–Crippen LogP) is 2.49. The Labute approximate surface area is 126 Å². The molecule has 116 valence electrons. The van der Waals surface area contributed by atoms with Crippen LogP contribution in [0.4, 0.5) is 10.1 Å². The number of rotatable bonds is 4. The number of carbonyl (C=O) groups is 1. The highest BCUT2D eigenvalue weighted by Crippen LogP contribution is 2.32. The second-order valence-electron chi connectivity index (χ2n) is 5.34. The molecule has 7 heteroatoms. The molecular weight excluding hydrogens is 289 g/mol. The Bertz CT molecular complexity index is 656. The summed E-state index contributed by atoms with van der Waals surface area (Å²) in [6, 6.07) is 5.54. The molecule has 1 amide bonds. The highest BCUT2D eigenvalue weighted by atomic mass is 19.1. The molecule has 0 radical (unpaired) electrons. The summed E-state index contributed by atoms with van der Waals surface area (Å²) in [6.45, 7) is 2.73. The highest BCUT2D eigenvalue weighted by molar-refractivity contribution is 5.91. The third-order valence-electron chi connectivity index (χ3n) is 3.56. The number of nitrogens with one attached hydrogen (secondary N) is 1. The Morgan fingerprint density at radius 2 is 2.18 bits per heavy atom. The van der Waals surface area contributed by atoms with Crippen LogP contribution in [0.2, 0.25) is 0 Å². The van der Waals surface area contributed by atoms with E-state index in [1.807, 2.05) is 0 Å². The predicted molar refractivity (Wildman–Crippen MR) is 75.5 cm³/mol. The Morgan fingerprint density at radius 1 is 1.41 bits per heavy atom. The van der Waals surface area contributed by atoms with Gasteiger partial charge in [-0.25, -0.2) is 4.39 Å². The fourth-order valence-electron chi connectivity index (χ4n) is 2.35. The zero-order valence-electron chi connectivity index (χ0n) is 12.1. The minimum atomic E-state index is -0.355. The maximum Gasteiger partial charge on any atom is 0.256 e. The van der Waals surface area contributed by atoms with Gasteiger partial charge >= 0.3 is 0 Å². The highest BCUT2D eigenvalue weighted by Gasteiger charge is 2.31. The van der Waals surface area contributed by atoms with E-state index in [-0.39, 0.29) is 24.2 Å². The average molecular weight is 305 g/mol. The van der Waals surface area contributed by atoms with Crippen molar-refractivity contribution < 1.29 is 18.4 Å². The van der Waals surface area contributed by atoms with Crippen molar-refractivity contribution in [2.75, 3.05) is 11.9 Å². The van der Waals surface area contributed by atoms with Gasteiger partial charge in [0.1, 0.15) is 11.9 Å². The number of hydrogen-bond donors (Lipinski definition) is 1. The lowest BCUT2D eigenvalue weighted by Gasteiger charge is -2.07. The number of anilines is 1. The zero-order valence-corrected chi connectivity index (χ0v) is 12.1. The summed E-state index contributed by atoms with van der Waals surface area (Å²) in [5.41, 5.74) is 0.517. The molecular formula is C15H16FN3O3. The van der Waals surface area contributed by atoms with Crippen molar-refractivity contribution in [3.63, 3.8) is 0 Å². The van der Waals surface area contributed by atoms with Gasteiger partial charge in [0.2, 0.25) is 5.91 Å². The fraction of sp³-hybridized carbons (Fsp3) is 0.400. The van der Waals surface area contributed by atoms with E-state index in [1.165, 1.54) is 24.3 Å². The summed E-state index contributed by atoms with van der Waals surface area (Å²) in [5.74, 6) is 0.388. The van der Waals surface area contributed by atoms with Crippen LogP contribution in [0.5, 0.6) is 0 Å². The van der Waals surface area contributed by atoms with Crippen molar-refractivity contribution in [2.24, 2.45) is 5.92 Å². The van der Waals surface area contributed by atoms with Crippen molar-refractivity contribution in [2.45, 2.75) is 25.9 Å². The Morgan fingerprint density at radius 3 is 2.86 bits per heavy atom. The number of hydrogen-bond acceptors (Lipinski definition) is 5. The van der Waals surface area contributed by atoms with Crippen LogP contribution in [-0.2, 0) is 16.0 Å². The van der Waals surface area contributed by atoms with E-state index >= 15 is 0 Å². The van der Waals surface area contributed by atoms with Crippen LogP contribution < -0.4 is 5.32 Å². The third-order valence-corrected chi connectivity index (χ3v) is 3.56. The van der Waals surface area contributed by atoms with Crippen molar-refractivity contribution in [1.82, 2.24) is 10.1 Å². The fourth-order valence-corrected chi connectivity index (χ4v) is 2.35. The normalized spacial score (nSPS) is 21.0. The summed E-state index contributed by atoms with van der Waals surface area (Å²) < 4.78 is 23.5. The van der Waals surface area contributed by atoms with Crippen LogP contribution >= 0.6 is 0 Å². The number of amides is 1. The van der Waals surface area contributed by atoms with Crippen molar-refractivity contribution in [3.05, 3.63) is 41.8 Å². The first-order chi connectivity index (χ1) is 10.6. The molecule has 0 aliphatic carbocycles. The number of aromatic nitrogens is 2. The second kappa shape index (κ2) is 6.23. The van der Waals surface area contributed by atoms with E-state index in [2.05, 4.69) is 22.4 Å². The zero-order chi connectivity index (χ0) is 15.5.